The molecule has 1 heterocycles. The maximum Gasteiger partial charge on any atom is 0.240 e. The van der Waals surface area contributed by atoms with Crippen LogP contribution in [0.2, 0.25) is 0 Å². The van der Waals surface area contributed by atoms with Gasteiger partial charge in [0.05, 0.1) is 11.4 Å². The van der Waals surface area contributed by atoms with E-state index < -0.39 is 0 Å². The van der Waals surface area contributed by atoms with E-state index in [1.165, 1.54) is 0 Å². The zero-order chi connectivity index (χ0) is 10.0. The molecule has 1 rings (SSSR count). The average Bonchev–Trinajstić information content (AvgIpc) is 2.03. The van der Waals surface area contributed by atoms with Gasteiger partial charge in [0.25, 0.3) is 0 Å². The molecule has 0 bridgehead atoms. The molecule has 0 fully saturated rings. The SMILES string of the molecule is CC(C)c1nnc(N)nc1C(C)C. The van der Waals surface area contributed by atoms with Gasteiger partial charge in [-0.15, -0.1) is 10.2 Å². The molecule has 0 aromatic carbocycles. The van der Waals surface area contributed by atoms with Gasteiger partial charge in [0.15, 0.2) is 0 Å². The van der Waals surface area contributed by atoms with Crippen LogP contribution in [0.25, 0.3) is 0 Å². The molecule has 0 unspecified atom stereocenters. The van der Waals surface area contributed by atoms with Gasteiger partial charge in [0.1, 0.15) is 0 Å². The summed E-state index contributed by atoms with van der Waals surface area (Å²) in [5.74, 6) is 0.946. The van der Waals surface area contributed by atoms with Crippen molar-refractivity contribution in [1.82, 2.24) is 15.2 Å². The van der Waals surface area contributed by atoms with E-state index in [0.717, 1.165) is 11.4 Å². The highest BCUT2D eigenvalue weighted by Crippen LogP contribution is 2.21. The molecule has 13 heavy (non-hydrogen) atoms. The Balaban J connectivity index is 3.19. The first-order chi connectivity index (χ1) is 6.02. The van der Waals surface area contributed by atoms with Gasteiger partial charge in [-0.3, -0.25) is 0 Å². The topological polar surface area (TPSA) is 64.7 Å². The van der Waals surface area contributed by atoms with Gasteiger partial charge in [0.2, 0.25) is 5.95 Å². The van der Waals surface area contributed by atoms with Crippen molar-refractivity contribution in [1.29, 1.82) is 0 Å². The van der Waals surface area contributed by atoms with Crippen LogP contribution >= 0.6 is 0 Å². The number of nitrogens with two attached hydrogens (primary N) is 1. The number of hydrogen-bond acceptors (Lipinski definition) is 4. The second-order valence-corrected chi connectivity index (χ2v) is 3.75. The first-order valence-corrected chi connectivity index (χ1v) is 4.52. The van der Waals surface area contributed by atoms with Crippen LogP contribution in [0.3, 0.4) is 0 Å². The van der Waals surface area contributed by atoms with Crippen LogP contribution in [-0.4, -0.2) is 15.2 Å². The largest absolute Gasteiger partial charge is 0.366 e. The van der Waals surface area contributed by atoms with E-state index in [2.05, 4.69) is 42.9 Å². The van der Waals surface area contributed by atoms with E-state index in [0.29, 0.717) is 11.8 Å². The Bertz CT molecular complexity index is 294. The Morgan fingerprint density at radius 1 is 0.923 bits per heavy atom. The first kappa shape index (κ1) is 9.89. The van der Waals surface area contributed by atoms with E-state index in [4.69, 9.17) is 5.73 Å². The summed E-state index contributed by atoms with van der Waals surface area (Å²) in [6, 6.07) is 0. The smallest absolute Gasteiger partial charge is 0.240 e. The van der Waals surface area contributed by atoms with Crippen molar-refractivity contribution in [2.45, 2.75) is 39.5 Å². The van der Waals surface area contributed by atoms with Gasteiger partial charge in [-0.1, -0.05) is 27.7 Å². The second kappa shape index (κ2) is 3.68. The lowest BCUT2D eigenvalue weighted by Crippen LogP contribution is -2.09. The summed E-state index contributed by atoms with van der Waals surface area (Å²) in [4.78, 5) is 4.20. The summed E-state index contributed by atoms with van der Waals surface area (Å²) < 4.78 is 0. The van der Waals surface area contributed by atoms with Crippen molar-refractivity contribution < 1.29 is 0 Å². The Hall–Kier alpha value is -1.19. The highest BCUT2D eigenvalue weighted by atomic mass is 15.2. The van der Waals surface area contributed by atoms with Crippen LogP contribution < -0.4 is 5.73 Å². The maximum atomic E-state index is 5.48. The monoisotopic (exact) mass is 180 g/mol. The molecule has 72 valence electrons. The molecule has 1 aromatic heterocycles. The van der Waals surface area contributed by atoms with Crippen molar-refractivity contribution in [2.75, 3.05) is 5.73 Å². The van der Waals surface area contributed by atoms with Gasteiger partial charge in [-0.2, -0.15) is 0 Å². The number of aromatic nitrogens is 3. The molecule has 0 aliphatic carbocycles. The predicted octanol–water partition coefficient (Wildman–Crippen LogP) is 1.70. The highest BCUT2D eigenvalue weighted by Gasteiger charge is 2.13. The van der Waals surface area contributed by atoms with Crippen LogP contribution in [0.4, 0.5) is 5.95 Å². The number of hydrogen-bond donors (Lipinski definition) is 1. The zero-order valence-corrected chi connectivity index (χ0v) is 8.57. The predicted molar refractivity (Wildman–Crippen MR) is 52.4 cm³/mol. The Kier molecular flexibility index (Phi) is 2.80. The maximum absolute atomic E-state index is 5.48. The summed E-state index contributed by atoms with van der Waals surface area (Å²) in [6.45, 7) is 8.31. The molecule has 0 amide bonds. The van der Waals surface area contributed by atoms with Crippen molar-refractivity contribution in [3.05, 3.63) is 11.4 Å². The summed E-state index contributed by atoms with van der Waals surface area (Å²) in [5, 5.41) is 7.82. The molecule has 1 aromatic rings. The molecule has 0 aliphatic heterocycles. The van der Waals surface area contributed by atoms with Gasteiger partial charge in [0, 0.05) is 0 Å². The lowest BCUT2D eigenvalue weighted by Gasteiger charge is -2.12. The summed E-state index contributed by atoms with van der Waals surface area (Å²) >= 11 is 0. The molecule has 4 nitrogen and oxygen atoms in total. The van der Waals surface area contributed by atoms with E-state index in [1.807, 2.05) is 0 Å². The minimum atomic E-state index is 0.258. The molecular formula is C9H16N4. The van der Waals surface area contributed by atoms with Crippen LogP contribution in [0.15, 0.2) is 0 Å². The third-order valence-corrected chi connectivity index (χ3v) is 1.85. The van der Waals surface area contributed by atoms with Gasteiger partial charge < -0.3 is 5.73 Å². The standard InChI is InChI=1S/C9H16N4/c1-5(2)7-8(6(3)4)12-13-9(10)11-7/h5-6H,1-4H3,(H2,10,11,13). The van der Waals surface area contributed by atoms with E-state index in [1.54, 1.807) is 0 Å². The van der Waals surface area contributed by atoms with Gasteiger partial charge >= 0.3 is 0 Å². The third-order valence-electron chi connectivity index (χ3n) is 1.85. The molecule has 0 radical (unpaired) electrons. The zero-order valence-electron chi connectivity index (χ0n) is 8.57. The molecule has 0 spiro atoms. The minimum Gasteiger partial charge on any atom is -0.366 e. The Morgan fingerprint density at radius 3 is 1.92 bits per heavy atom. The van der Waals surface area contributed by atoms with Crippen LogP contribution in [0, 0.1) is 0 Å². The fourth-order valence-electron chi connectivity index (χ4n) is 1.20. The minimum absolute atomic E-state index is 0.258. The molecule has 0 aliphatic rings. The van der Waals surface area contributed by atoms with Gasteiger partial charge in [-0.25, -0.2) is 4.98 Å². The molecule has 4 heteroatoms. The lowest BCUT2D eigenvalue weighted by atomic mass is 10.0. The van der Waals surface area contributed by atoms with E-state index in [-0.39, 0.29) is 5.95 Å². The molecular weight excluding hydrogens is 164 g/mol. The van der Waals surface area contributed by atoms with Crippen LogP contribution in [-0.2, 0) is 0 Å². The quantitative estimate of drug-likeness (QED) is 0.752. The number of nitrogens with zero attached hydrogens (tertiary/aromatic N) is 3. The van der Waals surface area contributed by atoms with Crippen molar-refractivity contribution in [2.24, 2.45) is 0 Å². The molecule has 0 atom stereocenters. The number of nitrogen functional groups attached to an aromatic ring is 1. The first-order valence-electron chi connectivity index (χ1n) is 4.52. The van der Waals surface area contributed by atoms with Crippen molar-refractivity contribution in [3.8, 4) is 0 Å². The molecule has 0 saturated heterocycles. The van der Waals surface area contributed by atoms with Crippen molar-refractivity contribution in [3.63, 3.8) is 0 Å². The molecule has 2 N–H and O–H groups in total. The normalized spacial score (nSPS) is 11.2. The summed E-state index contributed by atoms with van der Waals surface area (Å²) in [6.07, 6.45) is 0. The van der Waals surface area contributed by atoms with E-state index >= 15 is 0 Å². The summed E-state index contributed by atoms with van der Waals surface area (Å²) in [5.41, 5.74) is 7.39. The summed E-state index contributed by atoms with van der Waals surface area (Å²) in [7, 11) is 0. The molecule has 0 saturated carbocycles. The average molecular weight is 180 g/mol. The van der Waals surface area contributed by atoms with Crippen LogP contribution in [0.5, 0.6) is 0 Å². The fourth-order valence-corrected chi connectivity index (χ4v) is 1.20. The highest BCUT2D eigenvalue weighted by molar-refractivity contribution is 5.23. The number of anilines is 1. The fraction of sp³-hybridized carbons (Fsp3) is 0.667. The number of rotatable bonds is 2. The van der Waals surface area contributed by atoms with Gasteiger partial charge in [-0.05, 0) is 11.8 Å². The Labute approximate surface area is 78.6 Å². The third kappa shape index (κ3) is 2.14. The second-order valence-electron chi connectivity index (χ2n) is 3.75. The van der Waals surface area contributed by atoms with Crippen molar-refractivity contribution >= 4 is 5.95 Å². The lowest BCUT2D eigenvalue weighted by molar-refractivity contribution is 0.699. The van der Waals surface area contributed by atoms with E-state index in [9.17, 15) is 0 Å². The van der Waals surface area contributed by atoms with Crippen LogP contribution in [0.1, 0.15) is 50.9 Å². The Morgan fingerprint density at radius 2 is 1.46 bits per heavy atom.